The Bertz CT molecular complexity index is 1260. The van der Waals surface area contributed by atoms with E-state index in [1.54, 1.807) is 18.2 Å². The van der Waals surface area contributed by atoms with Gasteiger partial charge < -0.3 is 14.8 Å². The highest BCUT2D eigenvalue weighted by Gasteiger charge is 2.30. The number of carbonyl (C=O) groups excluding carboxylic acids is 2. The van der Waals surface area contributed by atoms with Crippen molar-refractivity contribution >= 4 is 23.7 Å². The van der Waals surface area contributed by atoms with Gasteiger partial charge in [-0.3, -0.25) is 9.59 Å². The number of amides is 2. The maximum atomic E-state index is 12.8. The summed E-state index contributed by atoms with van der Waals surface area (Å²) in [7, 11) is 0. The van der Waals surface area contributed by atoms with E-state index < -0.39 is 23.6 Å². The molecule has 0 aliphatic heterocycles. The fraction of sp³-hybridized carbons (Fsp3) is 0.192. The third-order valence-electron chi connectivity index (χ3n) is 4.78. The standard InChI is InChI=1S/C26H24F3N3O4/c1-3-35-23-13-18(10-11-22(23)36-16-19-7-4-6-17(2)12-19)15-30-32-25(34)24(33)31-21-9-5-8-20(14-21)26(27,28)29/h4-15H,3,16H2,1-2H3,(H,31,33)(H,32,34)/b30-15+. The van der Waals surface area contributed by atoms with Crippen molar-refractivity contribution in [1.82, 2.24) is 5.43 Å². The maximum absolute atomic E-state index is 12.8. The lowest BCUT2D eigenvalue weighted by molar-refractivity contribution is -0.137. The summed E-state index contributed by atoms with van der Waals surface area (Å²) in [6.45, 7) is 4.57. The number of nitrogens with zero attached hydrogens (tertiary/aromatic N) is 1. The van der Waals surface area contributed by atoms with Gasteiger partial charge in [-0.25, -0.2) is 5.43 Å². The number of alkyl halides is 3. The Balaban J connectivity index is 1.60. The normalized spacial score (nSPS) is 11.2. The second-order valence-electron chi connectivity index (χ2n) is 7.65. The largest absolute Gasteiger partial charge is 0.490 e. The van der Waals surface area contributed by atoms with Crippen molar-refractivity contribution in [2.75, 3.05) is 11.9 Å². The molecule has 0 atom stereocenters. The molecule has 0 aliphatic rings. The zero-order chi connectivity index (χ0) is 26.1. The van der Waals surface area contributed by atoms with E-state index in [0.29, 0.717) is 30.3 Å². The van der Waals surface area contributed by atoms with Crippen LogP contribution in [0.2, 0.25) is 0 Å². The molecule has 0 bridgehead atoms. The summed E-state index contributed by atoms with van der Waals surface area (Å²) < 4.78 is 49.9. The molecule has 2 N–H and O–H groups in total. The van der Waals surface area contributed by atoms with Crippen LogP contribution in [0.1, 0.15) is 29.2 Å². The number of nitrogens with one attached hydrogen (secondary N) is 2. The predicted molar refractivity (Wildman–Crippen MR) is 129 cm³/mol. The van der Waals surface area contributed by atoms with Crippen molar-refractivity contribution in [2.24, 2.45) is 5.10 Å². The molecule has 0 heterocycles. The summed E-state index contributed by atoms with van der Waals surface area (Å²) in [6.07, 6.45) is -3.28. The summed E-state index contributed by atoms with van der Waals surface area (Å²) in [5.41, 5.74) is 3.61. The topological polar surface area (TPSA) is 89.0 Å². The minimum Gasteiger partial charge on any atom is -0.490 e. The molecule has 36 heavy (non-hydrogen) atoms. The van der Waals surface area contributed by atoms with Crippen LogP contribution in [-0.4, -0.2) is 24.6 Å². The van der Waals surface area contributed by atoms with Crippen LogP contribution in [0.3, 0.4) is 0 Å². The Kier molecular flexibility index (Phi) is 8.66. The number of benzene rings is 3. The summed E-state index contributed by atoms with van der Waals surface area (Å²) in [5, 5.41) is 5.84. The van der Waals surface area contributed by atoms with Gasteiger partial charge in [0, 0.05) is 5.69 Å². The molecule has 3 aromatic carbocycles. The fourth-order valence-electron chi connectivity index (χ4n) is 3.13. The van der Waals surface area contributed by atoms with Gasteiger partial charge in [-0.2, -0.15) is 18.3 Å². The number of hydrogen-bond donors (Lipinski definition) is 2. The Morgan fingerprint density at radius 1 is 0.944 bits per heavy atom. The van der Waals surface area contributed by atoms with Gasteiger partial charge in [-0.1, -0.05) is 35.9 Å². The van der Waals surface area contributed by atoms with E-state index in [1.807, 2.05) is 43.5 Å². The van der Waals surface area contributed by atoms with Crippen LogP contribution in [0.4, 0.5) is 18.9 Å². The molecule has 3 aromatic rings. The van der Waals surface area contributed by atoms with Crippen molar-refractivity contribution in [1.29, 1.82) is 0 Å². The lowest BCUT2D eigenvalue weighted by Crippen LogP contribution is -2.32. The Morgan fingerprint density at radius 2 is 1.72 bits per heavy atom. The number of rotatable bonds is 8. The van der Waals surface area contributed by atoms with E-state index in [2.05, 4.69) is 10.4 Å². The number of hydrogen-bond acceptors (Lipinski definition) is 5. The predicted octanol–water partition coefficient (Wildman–Crippen LogP) is 5.08. The van der Waals surface area contributed by atoms with E-state index in [4.69, 9.17) is 9.47 Å². The van der Waals surface area contributed by atoms with Crippen LogP contribution in [0.5, 0.6) is 11.5 Å². The highest BCUT2D eigenvalue weighted by atomic mass is 19.4. The molecule has 0 saturated carbocycles. The summed E-state index contributed by atoms with van der Waals surface area (Å²) in [6, 6.07) is 16.9. The third kappa shape index (κ3) is 7.59. The van der Waals surface area contributed by atoms with E-state index in [1.165, 1.54) is 12.3 Å². The van der Waals surface area contributed by atoms with Crippen molar-refractivity contribution < 1.29 is 32.2 Å². The van der Waals surface area contributed by atoms with Crippen molar-refractivity contribution in [3.8, 4) is 11.5 Å². The van der Waals surface area contributed by atoms with Crippen LogP contribution in [0.15, 0.2) is 71.8 Å². The zero-order valence-electron chi connectivity index (χ0n) is 19.6. The lowest BCUT2D eigenvalue weighted by atomic mass is 10.1. The van der Waals surface area contributed by atoms with E-state index >= 15 is 0 Å². The first kappa shape index (κ1) is 26.3. The van der Waals surface area contributed by atoms with Gasteiger partial charge in [0.15, 0.2) is 11.5 Å². The fourth-order valence-corrected chi connectivity index (χ4v) is 3.13. The second kappa shape index (κ2) is 11.9. The molecule has 0 aliphatic carbocycles. The third-order valence-corrected chi connectivity index (χ3v) is 4.78. The summed E-state index contributed by atoms with van der Waals surface area (Å²) >= 11 is 0. The molecule has 188 valence electrons. The number of ether oxygens (including phenoxy) is 2. The van der Waals surface area contributed by atoms with Crippen LogP contribution >= 0.6 is 0 Å². The minimum absolute atomic E-state index is 0.170. The molecule has 0 aromatic heterocycles. The average Bonchev–Trinajstić information content (AvgIpc) is 2.83. The summed E-state index contributed by atoms with van der Waals surface area (Å²) in [5.74, 6) is -1.31. The lowest BCUT2D eigenvalue weighted by Gasteiger charge is -2.13. The number of aryl methyl sites for hydroxylation is 1. The van der Waals surface area contributed by atoms with Crippen molar-refractivity contribution in [3.05, 3.63) is 89.0 Å². The average molecular weight is 499 g/mol. The summed E-state index contributed by atoms with van der Waals surface area (Å²) in [4.78, 5) is 24.0. The van der Waals surface area contributed by atoms with E-state index in [0.717, 1.165) is 29.3 Å². The molecule has 2 amide bonds. The van der Waals surface area contributed by atoms with Crippen LogP contribution in [-0.2, 0) is 22.4 Å². The molecular weight excluding hydrogens is 475 g/mol. The number of anilines is 1. The van der Waals surface area contributed by atoms with Crippen LogP contribution in [0.25, 0.3) is 0 Å². The van der Waals surface area contributed by atoms with E-state index in [-0.39, 0.29) is 5.69 Å². The molecule has 7 nitrogen and oxygen atoms in total. The maximum Gasteiger partial charge on any atom is 0.416 e. The number of hydrazone groups is 1. The highest BCUT2D eigenvalue weighted by Crippen LogP contribution is 2.31. The molecule has 0 saturated heterocycles. The molecule has 10 heteroatoms. The van der Waals surface area contributed by atoms with Gasteiger partial charge in [-0.15, -0.1) is 0 Å². The smallest absolute Gasteiger partial charge is 0.416 e. The number of carbonyl (C=O) groups is 2. The van der Waals surface area contributed by atoms with Gasteiger partial charge >= 0.3 is 18.0 Å². The Labute approximate surface area is 205 Å². The quantitative estimate of drug-likeness (QED) is 0.257. The number of halogens is 3. The van der Waals surface area contributed by atoms with Gasteiger partial charge in [0.1, 0.15) is 6.61 Å². The highest BCUT2D eigenvalue weighted by molar-refractivity contribution is 6.39. The first-order chi connectivity index (χ1) is 17.2. The molecular formula is C26H24F3N3O4. The van der Waals surface area contributed by atoms with Gasteiger partial charge in [0.25, 0.3) is 0 Å². The van der Waals surface area contributed by atoms with Crippen molar-refractivity contribution in [2.45, 2.75) is 26.6 Å². The van der Waals surface area contributed by atoms with Gasteiger partial charge in [-0.05, 0) is 61.4 Å². The van der Waals surface area contributed by atoms with Crippen LogP contribution in [0, 0.1) is 6.92 Å². The van der Waals surface area contributed by atoms with Crippen LogP contribution < -0.4 is 20.2 Å². The van der Waals surface area contributed by atoms with Gasteiger partial charge in [0.2, 0.25) is 0 Å². The monoisotopic (exact) mass is 499 g/mol. The minimum atomic E-state index is -4.57. The van der Waals surface area contributed by atoms with Gasteiger partial charge in [0.05, 0.1) is 18.4 Å². The van der Waals surface area contributed by atoms with E-state index in [9.17, 15) is 22.8 Å². The molecule has 3 rings (SSSR count). The SMILES string of the molecule is CCOc1cc(/C=N/NC(=O)C(=O)Nc2cccc(C(F)(F)F)c2)ccc1OCc1cccc(C)c1. The molecule has 0 unspecified atom stereocenters. The first-order valence-corrected chi connectivity index (χ1v) is 10.9. The first-order valence-electron chi connectivity index (χ1n) is 10.9. The molecule has 0 fully saturated rings. The Hall–Kier alpha value is -4.34. The zero-order valence-corrected chi connectivity index (χ0v) is 19.6. The second-order valence-corrected chi connectivity index (χ2v) is 7.65. The molecule has 0 spiro atoms. The van der Waals surface area contributed by atoms with Crippen molar-refractivity contribution in [3.63, 3.8) is 0 Å². The molecule has 0 radical (unpaired) electrons. The Morgan fingerprint density at radius 3 is 2.44 bits per heavy atom.